The van der Waals surface area contributed by atoms with Gasteiger partial charge in [0.25, 0.3) is 0 Å². The summed E-state index contributed by atoms with van der Waals surface area (Å²) in [4.78, 5) is 17.1. The van der Waals surface area contributed by atoms with Crippen molar-refractivity contribution in [3.63, 3.8) is 0 Å². The topological polar surface area (TPSA) is 23.6 Å². The highest BCUT2D eigenvalue weighted by molar-refractivity contribution is 6.18. The number of benzene rings is 1. The van der Waals surface area contributed by atoms with Crippen LogP contribution in [0.1, 0.15) is 24.3 Å². The summed E-state index contributed by atoms with van der Waals surface area (Å²) in [6.07, 6.45) is 2.08. The Hall–Kier alpha value is -1.06. The van der Waals surface area contributed by atoms with Gasteiger partial charge < -0.3 is 9.80 Å². The molecule has 2 unspecified atom stereocenters. The molecule has 2 aliphatic rings. The van der Waals surface area contributed by atoms with E-state index in [9.17, 15) is 4.79 Å². The second kappa shape index (κ2) is 6.80. The van der Waals surface area contributed by atoms with E-state index in [4.69, 9.17) is 11.6 Å². The Morgan fingerprint density at radius 1 is 1.14 bits per heavy atom. The van der Waals surface area contributed by atoms with E-state index in [0.717, 1.165) is 45.6 Å². The van der Waals surface area contributed by atoms with Gasteiger partial charge in [-0.3, -0.25) is 4.79 Å². The minimum atomic E-state index is 0.215. The largest absolute Gasteiger partial charge is 0.341 e. The second-order valence-electron chi connectivity index (χ2n) is 6.07. The molecule has 3 nitrogen and oxygen atoms in total. The standard InChI is InChI=1S/C17H23ClN2O/c18-7-10-19-8-4-9-20(12-11-19)17(21)16-13-15(16)14-5-2-1-3-6-14/h1-3,5-6,15-16H,4,7-13H2. The molecule has 1 heterocycles. The molecule has 1 aromatic carbocycles. The van der Waals surface area contributed by atoms with E-state index in [2.05, 4.69) is 34.1 Å². The Kier molecular flexibility index (Phi) is 4.81. The van der Waals surface area contributed by atoms with E-state index in [1.54, 1.807) is 0 Å². The summed E-state index contributed by atoms with van der Waals surface area (Å²) in [7, 11) is 0. The number of nitrogens with zero attached hydrogens (tertiary/aromatic N) is 2. The third-order valence-corrected chi connectivity index (χ3v) is 4.81. The first kappa shape index (κ1) is 14.9. The van der Waals surface area contributed by atoms with Crippen molar-refractivity contribution < 1.29 is 4.79 Å². The Balaban J connectivity index is 1.55. The van der Waals surface area contributed by atoms with Gasteiger partial charge in [0.15, 0.2) is 0 Å². The number of rotatable bonds is 4. The highest BCUT2D eigenvalue weighted by Crippen LogP contribution is 2.48. The molecule has 0 bridgehead atoms. The van der Waals surface area contributed by atoms with Gasteiger partial charge >= 0.3 is 0 Å². The monoisotopic (exact) mass is 306 g/mol. The number of halogens is 1. The van der Waals surface area contributed by atoms with Gasteiger partial charge in [0.1, 0.15) is 0 Å². The lowest BCUT2D eigenvalue weighted by Crippen LogP contribution is -2.36. The zero-order chi connectivity index (χ0) is 14.7. The van der Waals surface area contributed by atoms with Crippen molar-refractivity contribution in [1.29, 1.82) is 0 Å². The molecule has 114 valence electrons. The maximum atomic E-state index is 12.6. The molecule has 1 amide bonds. The van der Waals surface area contributed by atoms with Crippen molar-refractivity contribution in [2.24, 2.45) is 5.92 Å². The highest BCUT2D eigenvalue weighted by atomic mass is 35.5. The lowest BCUT2D eigenvalue weighted by molar-refractivity contribution is -0.132. The lowest BCUT2D eigenvalue weighted by Gasteiger charge is -2.21. The Morgan fingerprint density at radius 3 is 2.71 bits per heavy atom. The molecule has 0 spiro atoms. The van der Waals surface area contributed by atoms with Crippen LogP contribution < -0.4 is 0 Å². The van der Waals surface area contributed by atoms with E-state index >= 15 is 0 Å². The average Bonchev–Trinajstić information content (AvgIpc) is 3.32. The second-order valence-corrected chi connectivity index (χ2v) is 6.45. The Morgan fingerprint density at radius 2 is 1.95 bits per heavy atom. The van der Waals surface area contributed by atoms with Crippen molar-refractivity contribution >= 4 is 17.5 Å². The van der Waals surface area contributed by atoms with Crippen LogP contribution in [0.5, 0.6) is 0 Å². The Bertz CT molecular complexity index is 479. The van der Waals surface area contributed by atoms with Crippen molar-refractivity contribution in [3.05, 3.63) is 35.9 Å². The van der Waals surface area contributed by atoms with Crippen LogP contribution >= 0.6 is 11.6 Å². The number of hydrogen-bond donors (Lipinski definition) is 0. The minimum Gasteiger partial charge on any atom is -0.341 e. The third kappa shape index (κ3) is 3.58. The smallest absolute Gasteiger partial charge is 0.226 e. The molecule has 1 saturated carbocycles. The van der Waals surface area contributed by atoms with E-state index in [0.29, 0.717) is 17.7 Å². The summed E-state index contributed by atoms with van der Waals surface area (Å²) in [6, 6.07) is 10.4. The molecule has 1 aliphatic carbocycles. The van der Waals surface area contributed by atoms with Gasteiger partial charge in [0.2, 0.25) is 5.91 Å². The number of alkyl halides is 1. The molecule has 1 aliphatic heterocycles. The SMILES string of the molecule is O=C(C1CC1c1ccccc1)N1CCCN(CCCl)CC1. The summed E-state index contributed by atoms with van der Waals surface area (Å²) < 4.78 is 0. The van der Waals surface area contributed by atoms with E-state index in [1.165, 1.54) is 5.56 Å². The van der Waals surface area contributed by atoms with Crippen LogP contribution in [0.4, 0.5) is 0 Å². The molecular weight excluding hydrogens is 284 g/mol. The van der Waals surface area contributed by atoms with Gasteiger partial charge in [-0.05, 0) is 30.9 Å². The van der Waals surface area contributed by atoms with E-state index in [-0.39, 0.29) is 5.92 Å². The molecule has 3 rings (SSSR count). The average molecular weight is 307 g/mol. The quantitative estimate of drug-likeness (QED) is 0.798. The highest BCUT2D eigenvalue weighted by Gasteiger charge is 2.45. The zero-order valence-corrected chi connectivity index (χ0v) is 13.1. The fourth-order valence-electron chi connectivity index (χ4n) is 3.31. The molecule has 0 aromatic heterocycles. The Labute approximate surface area is 131 Å². The van der Waals surface area contributed by atoms with E-state index in [1.807, 2.05) is 6.07 Å². The van der Waals surface area contributed by atoms with Crippen molar-refractivity contribution in [3.8, 4) is 0 Å². The van der Waals surface area contributed by atoms with Crippen molar-refractivity contribution in [2.45, 2.75) is 18.8 Å². The van der Waals surface area contributed by atoms with Crippen molar-refractivity contribution in [2.75, 3.05) is 38.6 Å². The lowest BCUT2D eigenvalue weighted by atomic mass is 10.1. The van der Waals surface area contributed by atoms with Gasteiger partial charge in [0, 0.05) is 38.0 Å². The van der Waals surface area contributed by atoms with Gasteiger partial charge in [-0.2, -0.15) is 0 Å². The summed E-state index contributed by atoms with van der Waals surface area (Å²) in [6.45, 7) is 4.70. The maximum absolute atomic E-state index is 12.6. The van der Waals surface area contributed by atoms with Gasteiger partial charge in [0.05, 0.1) is 0 Å². The number of amides is 1. The first-order valence-electron chi connectivity index (χ1n) is 7.91. The summed E-state index contributed by atoms with van der Waals surface area (Å²) >= 11 is 5.81. The van der Waals surface area contributed by atoms with Gasteiger partial charge in [-0.25, -0.2) is 0 Å². The molecule has 1 aromatic rings. The third-order valence-electron chi connectivity index (χ3n) is 4.64. The number of carbonyl (C=O) groups excluding carboxylic acids is 1. The molecule has 0 N–H and O–H groups in total. The predicted octanol–water partition coefficient (Wildman–Crippen LogP) is 2.56. The van der Waals surface area contributed by atoms with Crippen LogP contribution in [0, 0.1) is 5.92 Å². The van der Waals surface area contributed by atoms with Crippen LogP contribution in [-0.4, -0.2) is 54.3 Å². The fraction of sp³-hybridized carbons (Fsp3) is 0.588. The molecule has 2 atom stereocenters. The predicted molar refractivity (Wildman–Crippen MR) is 85.6 cm³/mol. The first-order chi connectivity index (χ1) is 10.3. The number of carbonyl (C=O) groups is 1. The molecule has 2 fully saturated rings. The van der Waals surface area contributed by atoms with Crippen LogP contribution in [-0.2, 0) is 4.79 Å². The molecular formula is C17H23ClN2O. The van der Waals surface area contributed by atoms with Crippen LogP contribution in [0.15, 0.2) is 30.3 Å². The van der Waals surface area contributed by atoms with Crippen LogP contribution in [0.2, 0.25) is 0 Å². The fourth-order valence-corrected chi connectivity index (χ4v) is 3.54. The molecule has 4 heteroatoms. The molecule has 0 radical (unpaired) electrons. The number of hydrogen-bond acceptors (Lipinski definition) is 2. The van der Waals surface area contributed by atoms with E-state index < -0.39 is 0 Å². The summed E-state index contributed by atoms with van der Waals surface area (Å²) in [5.74, 6) is 1.69. The molecule has 21 heavy (non-hydrogen) atoms. The van der Waals surface area contributed by atoms with Crippen molar-refractivity contribution in [1.82, 2.24) is 9.80 Å². The maximum Gasteiger partial charge on any atom is 0.226 e. The zero-order valence-electron chi connectivity index (χ0n) is 12.4. The summed E-state index contributed by atoms with van der Waals surface area (Å²) in [5.41, 5.74) is 1.31. The van der Waals surface area contributed by atoms with Gasteiger partial charge in [-0.15, -0.1) is 11.6 Å². The first-order valence-corrected chi connectivity index (χ1v) is 8.45. The van der Waals surface area contributed by atoms with Crippen LogP contribution in [0.3, 0.4) is 0 Å². The minimum absolute atomic E-state index is 0.215. The van der Waals surface area contributed by atoms with Crippen LogP contribution in [0.25, 0.3) is 0 Å². The summed E-state index contributed by atoms with van der Waals surface area (Å²) in [5, 5.41) is 0. The molecule has 1 saturated heterocycles. The van der Waals surface area contributed by atoms with Gasteiger partial charge in [-0.1, -0.05) is 30.3 Å². The normalized spacial score (nSPS) is 26.4.